The first kappa shape index (κ1) is 17.3. The number of hydrogen-bond acceptors (Lipinski definition) is 4. The zero-order valence-corrected chi connectivity index (χ0v) is 14.9. The van der Waals surface area contributed by atoms with E-state index in [4.69, 9.17) is 21.1 Å². The van der Waals surface area contributed by atoms with E-state index >= 15 is 0 Å². The van der Waals surface area contributed by atoms with E-state index in [2.05, 4.69) is 10.3 Å². The lowest BCUT2D eigenvalue weighted by Crippen LogP contribution is -2.33. The number of halogens is 1. The number of nitrogens with one attached hydrogen (secondary N) is 1. The Labute approximate surface area is 147 Å². The maximum atomic E-state index is 6.02. The number of rotatable bonds is 6. The molecule has 2 heterocycles. The second kappa shape index (κ2) is 8.01. The van der Waals surface area contributed by atoms with Crippen molar-refractivity contribution in [1.29, 1.82) is 0 Å². The number of nitrogens with zero attached hydrogens (tertiary/aromatic N) is 2. The third kappa shape index (κ3) is 3.91. The molecule has 6 heteroatoms. The van der Waals surface area contributed by atoms with Gasteiger partial charge in [0.1, 0.15) is 17.7 Å². The fourth-order valence-corrected chi connectivity index (χ4v) is 3.41. The zero-order valence-electron chi connectivity index (χ0n) is 14.2. The van der Waals surface area contributed by atoms with Crippen molar-refractivity contribution in [1.82, 2.24) is 14.9 Å². The van der Waals surface area contributed by atoms with Gasteiger partial charge in [-0.05, 0) is 25.0 Å². The standard InChI is InChI=1S/C18H24ClN3O2/c1-22-8-7-21-18(22)17-14(4-3-9-24-17)12-20-11-13-5-6-15(19)10-16(13)23-2/h5-8,10,14,17,20H,3-4,9,11-12H2,1-2H3/t14-,17+/m0/s1. The van der Waals surface area contributed by atoms with Crippen LogP contribution in [0.3, 0.4) is 0 Å². The van der Waals surface area contributed by atoms with Gasteiger partial charge in [0.25, 0.3) is 0 Å². The highest BCUT2D eigenvalue weighted by molar-refractivity contribution is 6.30. The first-order chi connectivity index (χ1) is 11.7. The van der Waals surface area contributed by atoms with Crippen molar-refractivity contribution < 1.29 is 9.47 Å². The zero-order chi connectivity index (χ0) is 16.9. The summed E-state index contributed by atoms with van der Waals surface area (Å²) in [4.78, 5) is 4.47. The molecule has 0 saturated carbocycles. The first-order valence-electron chi connectivity index (χ1n) is 8.31. The van der Waals surface area contributed by atoms with Gasteiger partial charge in [0.15, 0.2) is 0 Å². The molecule has 1 fully saturated rings. The summed E-state index contributed by atoms with van der Waals surface area (Å²) in [6.07, 6.45) is 6.09. The van der Waals surface area contributed by atoms with Gasteiger partial charge in [-0.25, -0.2) is 4.98 Å². The van der Waals surface area contributed by atoms with Crippen LogP contribution in [0.15, 0.2) is 30.6 Å². The Hall–Kier alpha value is -1.56. The number of aromatic nitrogens is 2. The van der Waals surface area contributed by atoms with E-state index in [0.717, 1.165) is 49.7 Å². The van der Waals surface area contributed by atoms with Crippen LogP contribution in [0.4, 0.5) is 0 Å². The molecule has 1 saturated heterocycles. The van der Waals surface area contributed by atoms with Gasteiger partial charge in [0.05, 0.1) is 7.11 Å². The van der Waals surface area contributed by atoms with Crippen molar-refractivity contribution in [2.45, 2.75) is 25.5 Å². The van der Waals surface area contributed by atoms with E-state index in [9.17, 15) is 0 Å². The molecule has 1 aliphatic heterocycles. The van der Waals surface area contributed by atoms with Crippen molar-refractivity contribution in [3.8, 4) is 5.75 Å². The second-order valence-electron chi connectivity index (χ2n) is 6.18. The van der Waals surface area contributed by atoms with E-state index in [1.807, 2.05) is 42.2 Å². The van der Waals surface area contributed by atoms with Gasteiger partial charge in [-0.3, -0.25) is 0 Å². The summed E-state index contributed by atoms with van der Waals surface area (Å²) < 4.78 is 13.5. The van der Waals surface area contributed by atoms with E-state index in [1.165, 1.54) is 0 Å². The largest absolute Gasteiger partial charge is 0.496 e. The van der Waals surface area contributed by atoms with E-state index in [-0.39, 0.29) is 6.10 Å². The van der Waals surface area contributed by atoms with E-state index < -0.39 is 0 Å². The molecule has 0 spiro atoms. The highest BCUT2D eigenvalue weighted by Gasteiger charge is 2.29. The minimum absolute atomic E-state index is 0.0540. The van der Waals surface area contributed by atoms with Crippen LogP contribution in [0, 0.1) is 5.92 Å². The molecule has 1 aromatic carbocycles. The number of benzene rings is 1. The molecule has 0 unspecified atom stereocenters. The predicted molar refractivity (Wildman–Crippen MR) is 94.3 cm³/mol. The molecular formula is C18H24ClN3O2. The van der Waals surface area contributed by atoms with Crippen LogP contribution in [0.2, 0.25) is 5.02 Å². The summed E-state index contributed by atoms with van der Waals surface area (Å²) in [6, 6.07) is 5.74. The lowest BCUT2D eigenvalue weighted by Gasteiger charge is -2.31. The number of methoxy groups -OCH3 is 1. The van der Waals surface area contributed by atoms with Crippen molar-refractivity contribution in [2.75, 3.05) is 20.3 Å². The monoisotopic (exact) mass is 349 g/mol. The van der Waals surface area contributed by atoms with Crippen molar-refractivity contribution in [2.24, 2.45) is 13.0 Å². The molecule has 1 N–H and O–H groups in total. The minimum atomic E-state index is 0.0540. The molecule has 24 heavy (non-hydrogen) atoms. The molecule has 1 aliphatic rings. The highest BCUT2D eigenvalue weighted by Crippen LogP contribution is 2.32. The summed E-state index contributed by atoms with van der Waals surface area (Å²) in [6.45, 7) is 2.42. The van der Waals surface area contributed by atoms with Crippen molar-refractivity contribution in [3.05, 3.63) is 47.0 Å². The Balaban J connectivity index is 1.62. The molecule has 130 valence electrons. The predicted octanol–water partition coefficient (Wildman–Crippen LogP) is 3.34. The van der Waals surface area contributed by atoms with Gasteiger partial charge in [-0.1, -0.05) is 17.7 Å². The third-order valence-electron chi connectivity index (χ3n) is 4.53. The Bertz CT molecular complexity index is 674. The number of hydrogen-bond donors (Lipinski definition) is 1. The third-order valence-corrected chi connectivity index (χ3v) is 4.76. The van der Waals surface area contributed by atoms with Crippen LogP contribution < -0.4 is 10.1 Å². The highest BCUT2D eigenvalue weighted by atomic mass is 35.5. The van der Waals surface area contributed by atoms with Crippen LogP contribution in [0.1, 0.15) is 30.3 Å². The van der Waals surface area contributed by atoms with Gasteiger partial charge in [0, 0.05) is 55.6 Å². The quantitative estimate of drug-likeness (QED) is 0.869. The number of imidazole rings is 1. The molecule has 1 aromatic heterocycles. The van der Waals surface area contributed by atoms with Crippen LogP contribution in [-0.2, 0) is 18.3 Å². The minimum Gasteiger partial charge on any atom is -0.496 e. The first-order valence-corrected chi connectivity index (χ1v) is 8.69. The Morgan fingerprint density at radius 3 is 3.08 bits per heavy atom. The normalized spacial score (nSPS) is 21.0. The van der Waals surface area contributed by atoms with Crippen LogP contribution >= 0.6 is 11.6 Å². The second-order valence-corrected chi connectivity index (χ2v) is 6.61. The molecule has 0 bridgehead atoms. The maximum Gasteiger partial charge on any atom is 0.137 e. The average Bonchev–Trinajstić information content (AvgIpc) is 3.02. The molecule has 0 aliphatic carbocycles. The maximum absolute atomic E-state index is 6.02. The van der Waals surface area contributed by atoms with Gasteiger partial charge >= 0.3 is 0 Å². The summed E-state index contributed by atoms with van der Waals surface area (Å²) >= 11 is 6.02. The van der Waals surface area contributed by atoms with Crippen molar-refractivity contribution >= 4 is 11.6 Å². The van der Waals surface area contributed by atoms with Gasteiger partial charge in [0.2, 0.25) is 0 Å². The SMILES string of the molecule is COc1cc(Cl)ccc1CNC[C@@H]1CCCO[C@H]1c1nccn1C. The fraction of sp³-hybridized carbons (Fsp3) is 0.500. The Morgan fingerprint density at radius 1 is 1.46 bits per heavy atom. The van der Waals surface area contributed by atoms with E-state index in [0.29, 0.717) is 10.9 Å². The molecule has 0 amide bonds. The summed E-state index contributed by atoms with van der Waals surface area (Å²) in [5.74, 6) is 2.24. The average molecular weight is 350 g/mol. The van der Waals surface area contributed by atoms with Gasteiger partial charge < -0.3 is 19.4 Å². The van der Waals surface area contributed by atoms with Gasteiger partial charge in [-0.15, -0.1) is 0 Å². The molecule has 2 aromatic rings. The van der Waals surface area contributed by atoms with Crippen LogP contribution in [0.25, 0.3) is 0 Å². The number of aryl methyl sites for hydroxylation is 1. The van der Waals surface area contributed by atoms with E-state index in [1.54, 1.807) is 7.11 Å². The van der Waals surface area contributed by atoms with Crippen LogP contribution in [0.5, 0.6) is 5.75 Å². The van der Waals surface area contributed by atoms with Crippen LogP contribution in [-0.4, -0.2) is 29.8 Å². The lowest BCUT2D eigenvalue weighted by atomic mass is 9.93. The molecule has 3 rings (SSSR count). The summed E-state index contributed by atoms with van der Waals surface area (Å²) in [5.41, 5.74) is 1.10. The Kier molecular flexibility index (Phi) is 5.76. The molecule has 0 radical (unpaired) electrons. The number of ether oxygens (including phenoxy) is 2. The smallest absolute Gasteiger partial charge is 0.137 e. The molecule has 2 atom stereocenters. The molecule has 5 nitrogen and oxygen atoms in total. The lowest BCUT2D eigenvalue weighted by molar-refractivity contribution is -0.0344. The Morgan fingerprint density at radius 2 is 2.33 bits per heavy atom. The summed E-state index contributed by atoms with van der Waals surface area (Å²) in [5, 5.41) is 4.22. The van der Waals surface area contributed by atoms with Crippen molar-refractivity contribution in [3.63, 3.8) is 0 Å². The fourth-order valence-electron chi connectivity index (χ4n) is 3.25. The van der Waals surface area contributed by atoms with Gasteiger partial charge in [-0.2, -0.15) is 0 Å². The topological polar surface area (TPSA) is 48.3 Å². The molecular weight excluding hydrogens is 326 g/mol. The summed E-state index contributed by atoms with van der Waals surface area (Å²) in [7, 11) is 3.69.